The van der Waals surface area contributed by atoms with Gasteiger partial charge in [0.15, 0.2) is 5.96 Å². The fourth-order valence-corrected chi connectivity index (χ4v) is 3.22. The quantitative estimate of drug-likeness (QED) is 0.623. The molecule has 2 heterocycles. The summed E-state index contributed by atoms with van der Waals surface area (Å²) in [6.45, 7) is 11.4. The van der Waals surface area contributed by atoms with Gasteiger partial charge in [-0.1, -0.05) is 26.8 Å². The molecule has 1 unspecified atom stereocenters. The van der Waals surface area contributed by atoms with Gasteiger partial charge in [-0.2, -0.15) is 0 Å². The molecule has 1 saturated heterocycles. The lowest BCUT2D eigenvalue weighted by molar-refractivity contribution is 0.0205. The standard InChI is InChI=1S/C20H35N5O/c1-15-7-8-18(22-13-15)25-11-9-16(10-12-25)24-19(21-5)23-14-17(26-6)20(2,3)4/h7-8,13,16-17H,9-12,14H2,1-6H3,(H2,21,23,24). The normalized spacial score (nSPS) is 17.9. The number of aliphatic imine (C=N–C) groups is 1. The summed E-state index contributed by atoms with van der Waals surface area (Å²) in [5.41, 5.74) is 1.29. The van der Waals surface area contributed by atoms with Crippen LogP contribution in [0.4, 0.5) is 5.82 Å². The molecule has 146 valence electrons. The van der Waals surface area contributed by atoms with E-state index in [0.717, 1.165) is 44.3 Å². The fraction of sp³-hybridized carbons (Fsp3) is 0.700. The molecule has 2 N–H and O–H groups in total. The number of guanidine groups is 1. The van der Waals surface area contributed by atoms with Crippen molar-refractivity contribution in [2.45, 2.75) is 52.7 Å². The zero-order chi connectivity index (χ0) is 19.2. The number of ether oxygens (including phenoxy) is 1. The van der Waals surface area contributed by atoms with Crippen molar-refractivity contribution in [1.82, 2.24) is 15.6 Å². The highest BCUT2D eigenvalue weighted by molar-refractivity contribution is 5.80. The van der Waals surface area contributed by atoms with Gasteiger partial charge >= 0.3 is 0 Å². The molecule has 2 rings (SSSR count). The van der Waals surface area contributed by atoms with Gasteiger partial charge in [0.05, 0.1) is 6.10 Å². The molecule has 0 aliphatic carbocycles. The first kappa shape index (κ1) is 20.5. The Morgan fingerprint density at radius 3 is 2.54 bits per heavy atom. The third kappa shape index (κ3) is 5.87. The average Bonchev–Trinajstić information content (AvgIpc) is 2.61. The van der Waals surface area contributed by atoms with Crippen molar-refractivity contribution >= 4 is 11.8 Å². The Bertz CT molecular complexity index is 571. The van der Waals surface area contributed by atoms with E-state index in [-0.39, 0.29) is 11.5 Å². The maximum Gasteiger partial charge on any atom is 0.191 e. The number of rotatable bonds is 5. The van der Waals surface area contributed by atoms with Crippen molar-refractivity contribution < 1.29 is 4.74 Å². The number of aromatic nitrogens is 1. The van der Waals surface area contributed by atoms with Gasteiger partial charge in [0, 0.05) is 46.0 Å². The third-order valence-corrected chi connectivity index (χ3v) is 4.98. The number of nitrogens with one attached hydrogen (secondary N) is 2. The minimum absolute atomic E-state index is 0.0903. The van der Waals surface area contributed by atoms with Crippen LogP contribution >= 0.6 is 0 Å². The Morgan fingerprint density at radius 2 is 2.04 bits per heavy atom. The first-order chi connectivity index (χ1) is 12.3. The number of aryl methyl sites for hydroxylation is 1. The minimum atomic E-state index is 0.0903. The first-order valence-electron chi connectivity index (χ1n) is 9.51. The van der Waals surface area contributed by atoms with E-state index in [4.69, 9.17) is 4.74 Å². The summed E-state index contributed by atoms with van der Waals surface area (Å²) in [7, 11) is 3.59. The van der Waals surface area contributed by atoms with Crippen LogP contribution in [-0.4, -0.2) is 56.9 Å². The van der Waals surface area contributed by atoms with Gasteiger partial charge in [-0.15, -0.1) is 0 Å². The van der Waals surface area contributed by atoms with Gasteiger partial charge in [0.25, 0.3) is 0 Å². The molecule has 1 aromatic heterocycles. The first-order valence-corrected chi connectivity index (χ1v) is 9.51. The number of anilines is 1. The van der Waals surface area contributed by atoms with Crippen LogP contribution in [0.3, 0.4) is 0 Å². The Labute approximate surface area is 158 Å². The summed E-state index contributed by atoms with van der Waals surface area (Å²) in [6, 6.07) is 4.67. The number of nitrogens with zero attached hydrogens (tertiary/aromatic N) is 3. The molecule has 26 heavy (non-hydrogen) atoms. The molecule has 0 spiro atoms. The van der Waals surface area contributed by atoms with E-state index in [0.29, 0.717) is 6.04 Å². The van der Waals surface area contributed by atoms with E-state index in [1.807, 2.05) is 13.2 Å². The van der Waals surface area contributed by atoms with Crippen molar-refractivity contribution in [3.63, 3.8) is 0 Å². The molecule has 6 nitrogen and oxygen atoms in total. The largest absolute Gasteiger partial charge is 0.379 e. The van der Waals surface area contributed by atoms with E-state index in [2.05, 4.69) is 65.3 Å². The second-order valence-electron chi connectivity index (χ2n) is 8.14. The summed E-state index contributed by atoms with van der Waals surface area (Å²) in [5, 5.41) is 6.97. The topological polar surface area (TPSA) is 61.8 Å². The van der Waals surface area contributed by atoms with Gasteiger partial charge in [-0.05, 0) is 36.8 Å². The lowest BCUT2D eigenvalue weighted by Crippen LogP contribution is -2.51. The molecule has 0 radical (unpaired) electrons. The molecule has 1 aromatic rings. The Balaban J connectivity index is 1.80. The molecule has 1 aliphatic rings. The molecule has 0 aromatic carbocycles. The summed E-state index contributed by atoms with van der Waals surface area (Å²) in [5.74, 6) is 1.92. The highest BCUT2D eigenvalue weighted by atomic mass is 16.5. The van der Waals surface area contributed by atoms with E-state index in [1.54, 1.807) is 7.11 Å². The van der Waals surface area contributed by atoms with Crippen LogP contribution in [0, 0.1) is 12.3 Å². The monoisotopic (exact) mass is 361 g/mol. The smallest absolute Gasteiger partial charge is 0.191 e. The lowest BCUT2D eigenvalue weighted by Gasteiger charge is -2.34. The fourth-order valence-electron chi connectivity index (χ4n) is 3.22. The minimum Gasteiger partial charge on any atom is -0.379 e. The molecule has 0 bridgehead atoms. The van der Waals surface area contributed by atoms with E-state index >= 15 is 0 Å². The van der Waals surface area contributed by atoms with Crippen LogP contribution in [0.5, 0.6) is 0 Å². The van der Waals surface area contributed by atoms with Crippen molar-refractivity contribution in [2.24, 2.45) is 10.4 Å². The molecule has 1 aliphatic heterocycles. The summed E-state index contributed by atoms with van der Waals surface area (Å²) in [6.07, 6.45) is 4.22. The number of piperidine rings is 1. The van der Waals surface area contributed by atoms with Crippen LogP contribution in [0.1, 0.15) is 39.2 Å². The molecule has 0 saturated carbocycles. The highest BCUT2D eigenvalue weighted by Gasteiger charge is 2.25. The third-order valence-electron chi connectivity index (χ3n) is 4.98. The van der Waals surface area contributed by atoms with Crippen LogP contribution < -0.4 is 15.5 Å². The number of hydrogen-bond donors (Lipinski definition) is 2. The summed E-state index contributed by atoms with van der Waals surface area (Å²) >= 11 is 0. The molecule has 6 heteroatoms. The van der Waals surface area contributed by atoms with E-state index in [1.165, 1.54) is 5.56 Å². The van der Waals surface area contributed by atoms with Gasteiger partial charge < -0.3 is 20.3 Å². The zero-order valence-corrected chi connectivity index (χ0v) is 17.2. The molecule has 0 amide bonds. The number of hydrogen-bond acceptors (Lipinski definition) is 4. The van der Waals surface area contributed by atoms with Gasteiger partial charge in [0.1, 0.15) is 5.82 Å². The maximum absolute atomic E-state index is 5.61. The van der Waals surface area contributed by atoms with Crippen LogP contribution in [0.25, 0.3) is 0 Å². The highest BCUT2D eigenvalue weighted by Crippen LogP contribution is 2.21. The van der Waals surface area contributed by atoms with Crippen molar-refractivity contribution in [1.29, 1.82) is 0 Å². The lowest BCUT2D eigenvalue weighted by atomic mass is 9.89. The average molecular weight is 362 g/mol. The Morgan fingerprint density at radius 1 is 1.35 bits per heavy atom. The van der Waals surface area contributed by atoms with Crippen LogP contribution in [0.15, 0.2) is 23.3 Å². The summed E-state index contributed by atoms with van der Waals surface area (Å²) in [4.78, 5) is 11.3. The Kier molecular flexibility index (Phi) is 7.26. The SMILES string of the molecule is CN=C(NCC(OC)C(C)(C)C)NC1CCN(c2ccc(C)cn2)CC1. The molecule has 1 atom stereocenters. The summed E-state index contributed by atoms with van der Waals surface area (Å²) < 4.78 is 5.61. The van der Waals surface area contributed by atoms with Gasteiger partial charge in [0.2, 0.25) is 0 Å². The van der Waals surface area contributed by atoms with Crippen molar-refractivity contribution in [3.8, 4) is 0 Å². The maximum atomic E-state index is 5.61. The Hall–Kier alpha value is -1.82. The molecular formula is C20H35N5O. The van der Waals surface area contributed by atoms with Gasteiger partial charge in [-0.25, -0.2) is 4.98 Å². The van der Waals surface area contributed by atoms with Crippen LogP contribution in [-0.2, 0) is 4.74 Å². The van der Waals surface area contributed by atoms with Crippen molar-refractivity contribution in [3.05, 3.63) is 23.9 Å². The zero-order valence-electron chi connectivity index (χ0n) is 17.2. The second-order valence-corrected chi connectivity index (χ2v) is 8.14. The van der Waals surface area contributed by atoms with E-state index < -0.39 is 0 Å². The predicted molar refractivity (Wildman–Crippen MR) is 109 cm³/mol. The van der Waals surface area contributed by atoms with Gasteiger partial charge in [-0.3, -0.25) is 4.99 Å². The van der Waals surface area contributed by atoms with Crippen LogP contribution in [0.2, 0.25) is 0 Å². The van der Waals surface area contributed by atoms with Crippen molar-refractivity contribution in [2.75, 3.05) is 38.7 Å². The predicted octanol–water partition coefficient (Wildman–Crippen LogP) is 2.58. The molecule has 1 fully saturated rings. The second kappa shape index (κ2) is 9.21. The number of pyridine rings is 1. The van der Waals surface area contributed by atoms with E-state index in [9.17, 15) is 0 Å². The molecular weight excluding hydrogens is 326 g/mol. The number of methoxy groups -OCH3 is 1.